The monoisotopic (exact) mass is 1630 g/mol. The second-order valence-electron chi connectivity index (χ2n) is 29.7. The van der Waals surface area contributed by atoms with Crippen molar-refractivity contribution in [2.75, 3.05) is 71.0 Å². The minimum Gasteiger partial charge on any atom is -0.481 e. The Balaban J connectivity index is 1.05. The molecule has 38 nitrogen and oxygen atoms in total. The topological polar surface area (TPSA) is 554 Å². The van der Waals surface area contributed by atoms with Gasteiger partial charge in [-0.15, -0.1) is 0 Å². The third kappa shape index (κ3) is 25.9. The number of para-hydroxylation sites is 1. The number of aliphatic hydroxyl groups is 2. The molecule has 4 aliphatic rings. The molecule has 2 aromatic carbocycles. The maximum absolute atomic E-state index is 15.2. The number of H-pyrrole nitrogens is 1. The SMILES string of the molecule is CC[C@H](C)[C@H]1NC(=O)CCC(=O)[C@H]2CC(=O)[C@@H]([C@@H](C)[C@@H](O)CO)NC(=O)C3C[C@H](OC(=O)N(C)CCN(C)C(=O)OCc4ccc(NC(=O)[C@H](CCCNC(N)=O)NC(=O)[C@@H](NC(=O)CCCCCN5C(=O)C=CC5=O)C(C)C)cc4)CN3C(=O)[C@H](CC(=O)O)CC(=O)[C@H](CS(=O)(=O)c3[nH]c4ccccc4c3C2)NC(=O)CNC1=O. The van der Waals surface area contributed by atoms with Crippen molar-refractivity contribution in [2.24, 2.45) is 35.3 Å². The number of carboxylic acids is 1. The Bertz CT molecular complexity index is 4260. The van der Waals surface area contributed by atoms with E-state index >= 15 is 22.8 Å². The Morgan fingerprint density at radius 1 is 0.748 bits per heavy atom. The van der Waals surface area contributed by atoms with Gasteiger partial charge in [-0.2, -0.15) is 0 Å². The number of primary amides is 1. The fourth-order valence-corrected chi connectivity index (χ4v) is 15.4. The van der Waals surface area contributed by atoms with Gasteiger partial charge in [-0.05, 0) is 73.3 Å². The summed E-state index contributed by atoms with van der Waals surface area (Å²) in [6.07, 6.45) is -6.22. The average Bonchev–Trinajstić information content (AvgIpc) is 1.62. The number of urea groups is 1. The molecule has 0 saturated carbocycles. The molecule has 115 heavy (non-hydrogen) atoms. The predicted octanol–water partition coefficient (Wildman–Crippen LogP) is -0.103. The standard InChI is InChI=1S/C76H104N14O24S/c1-8-42(4)66-70(105)79-36-61(98)81-53-40-115(111,112)72-50(49-15-11-12-16-51(49)83-72)31-45(55(92)23-24-60(97)85-66)32-57(94)67(43(5)58(95)38-91)86-69(104)54-35-48(37-90(54)73(107)46(33-56(53)93)34-64(101)102)114-76(110)88(7)30-29-87(6)75(109)113-39-44-19-21-47(22-20-44)80-68(103)52(17-14-27-78-74(77)108)82-71(106)65(41(2)3)84-59(96)18-10-9-13-28-89-62(99)25-26-63(89)100/h11-12,15-16,19-22,25-26,41-43,45-46,48,52-54,58,65-67,83,91,95H,8-10,13-14,17-18,23-24,27-40H2,1-7H3,(H,79,105)(H,80,103)(H,81,98)(H,82,106)(H,84,96)(H,85,97)(H,86,104)(H,101,102)(H3,77,78,108)/t42-,43-,45+,46-,48-,52-,53-,54?,58-,65-,66+,67+/m0/s1. The van der Waals surface area contributed by atoms with E-state index < -0.39 is 264 Å². The van der Waals surface area contributed by atoms with Crippen LogP contribution in [0.3, 0.4) is 0 Å². The van der Waals surface area contributed by atoms with Crippen LogP contribution in [0.25, 0.3) is 10.9 Å². The Morgan fingerprint density at radius 3 is 2.08 bits per heavy atom. The number of aliphatic hydroxyl groups excluding tert-OH is 2. The zero-order chi connectivity index (χ0) is 84.7. The van der Waals surface area contributed by atoms with Gasteiger partial charge in [-0.1, -0.05) is 77.8 Å². The number of nitrogens with two attached hydrogens (primary N) is 1. The zero-order valence-electron chi connectivity index (χ0n) is 65.2. The maximum atomic E-state index is 15.2. The number of aromatic nitrogens is 1. The van der Waals surface area contributed by atoms with Gasteiger partial charge in [-0.25, -0.2) is 22.8 Å². The van der Waals surface area contributed by atoms with Gasteiger partial charge in [0.25, 0.3) is 11.8 Å². The van der Waals surface area contributed by atoms with Crippen LogP contribution in [-0.2, 0) is 99.5 Å². The molecule has 0 aliphatic carbocycles. The number of nitrogens with one attached hydrogen (secondary N) is 9. The molecule has 1 aromatic heterocycles. The molecule has 1 saturated heterocycles. The van der Waals surface area contributed by atoms with Crippen molar-refractivity contribution in [3.05, 3.63) is 71.8 Å². The molecule has 0 radical (unpaired) electrons. The maximum Gasteiger partial charge on any atom is 0.409 e. The Hall–Kier alpha value is -11.2. The largest absolute Gasteiger partial charge is 0.481 e. The number of aliphatic carboxylic acids is 1. The van der Waals surface area contributed by atoms with Crippen LogP contribution in [-0.4, -0.2) is 263 Å². The number of fused-ring (bicyclic) bond motifs is 5. The second-order valence-corrected chi connectivity index (χ2v) is 31.7. The van der Waals surface area contributed by atoms with Gasteiger partial charge >= 0.3 is 24.2 Å². The molecule has 4 aliphatic heterocycles. The number of carbonyl (C=O) groups is 17. The van der Waals surface area contributed by atoms with Crippen LogP contribution >= 0.6 is 0 Å². The smallest absolute Gasteiger partial charge is 0.409 e. The lowest BCUT2D eigenvalue weighted by Gasteiger charge is -2.32. The van der Waals surface area contributed by atoms with Crippen molar-refractivity contribution in [3.8, 4) is 0 Å². The number of ketones is 3. The molecule has 14 N–H and O–H groups in total. The number of anilines is 1. The van der Waals surface area contributed by atoms with Gasteiger partial charge in [0.1, 0.15) is 53.7 Å². The molecule has 14 amide bonds. The van der Waals surface area contributed by atoms with E-state index in [2.05, 4.69) is 47.5 Å². The van der Waals surface area contributed by atoms with Gasteiger partial charge in [0.05, 0.1) is 49.9 Å². The Morgan fingerprint density at radius 2 is 1.43 bits per heavy atom. The first-order chi connectivity index (χ1) is 54.4. The second kappa shape index (κ2) is 42.2. The first-order valence-electron chi connectivity index (χ1n) is 38.1. The van der Waals surface area contributed by atoms with E-state index in [1.807, 2.05) is 0 Å². The number of hydrogen-bond acceptors (Lipinski definition) is 23. The van der Waals surface area contributed by atoms with E-state index in [0.717, 1.165) is 19.6 Å². The summed E-state index contributed by atoms with van der Waals surface area (Å²) in [7, 11) is -2.28. The van der Waals surface area contributed by atoms with Crippen molar-refractivity contribution in [1.82, 2.24) is 61.8 Å². The van der Waals surface area contributed by atoms with Gasteiger partial charge in [-0.3, -0.25) is 72.0 Å². The van der Waals surface area contributed by atoms with Crippen LogP contribution in [0.5, 0.6) is 0 Å². The molecule has 3 aromatic rings. The molecule has 1 unspecified atom stereocenters. The lowest BCUT2D eigenvalue weighted by molar-refractivity contribution is -0.148. The summed E-state index contributed by atoms with van der Waals surface area (Å²) >= 11 is 0. The number of amides is 14. The summed E-state index contributed by atoms with van der Waals surface area (Å²) in [5, 5.41) is 51.8. The highest BCUT2D eigenvalue weighted by Crippen LogP contribution is 2.34. The highest BCUT2D eigenvalue weighted by atomic mass is 32.2. The highest BCUT2D eigenvalue weighted by Gasteiger charge is 2.48. The third-order valence-electron chi connectivity index (χ3n) is 20.7. The highest BCUT2D eigenvalue weighted by molar-refractivity contribution is 7.91. The number of unbranched alkanes of at least 4 members (excludes halogenated alkanes) is 2. The fourth-order valence-electron chi connectivity index (χ4n) is 13.7. The van der Waals surface area contributed by atoms with Crippen molar-refractivity contribution >= 4 is 127 Å². The number of benzene rings is 2. The molecule has 12 atom stereocenters. The minimum absolute atomic E-state index is 0.0254. The number of rotatable bonds is 29. The predicted molar refractivity (Wildman–Crippen MR) is 408 cm³/mol. The van der Waals surface area contributed by atoms with Crippen LogP contribution in [0.4, 0.5) is 20.1 Å². The third-order valence-corrected chi connectivity index (χ3v) is 22.5. The van der Waals surface area contributed by atoms with Crippen LogP contribution in [0.1, 0.15) is 129 Å². The summed E-state index contributed by atoms with van der Waals surface area (Å²) in [6.45, 7) is 5.00. The lowest BCUT2D eigenvalue weighted by atomic mass is 9.83. The number of carboxylic acid groups (broad SMARTS) is 1. The molecular weight excluding hydrogens is 1520 g/mol. The first kappa shape index (κ1) is 91.0. The molecule has 0 spiro atoms. The number of carbonyl (C=O) groups excluding carboxylic acids is 16. The molecule has 2 bridgehead atoms. The molecule has 39 heteroatoms. The molecule has 7 rings (SSSR count). The summed E-state index contributed by atoms with van der Waals surface area (Å²) in [5.41, 5.74) is 6.06. The van der Waals surface area contributed by atoms with E-state index in [9.17, 15) is 82.4 Å². The van der Waals surface area contributed by atoms with E-state index in [-0.39, 0.29) is 74.2 Å². The molecular formula is C76H104N14O24S. The van der Waals surface area contributed by atoms with Crippen molar-refractivity contribution in [1.29, 1.82) is 0 Å². The van der Waals surface area contributed by atoms with E-state index in [0.29, 0.717) is 31.2 Å². The van der Waals surface area contributed by atoms with Gasteiger partial charge in [0.15, 0.2) is 21.4 Å². The van der Waals surface area contributed by atoms with Crippen LogP contribution < -0.4 is 48.3 Å². The van der Waals surface area contributed by atoms with Crippen LogP contribution in [0.15, 0.2) is 65.7 Å². The van der Waals surface area contributed by atoms with Gasteiger partial charge < -0.3 is 92.7 Å². The average molecular weight is 1630 g/mol. The molecule has 628 valence electrons. The molecule has 5 heterocycles. The number of hydrogen-bond donors (Lipinski definition) is 13. The summed E-state index contributed by atoms with van der Waals surface area (Å²) in [4.78, 5) is 239. The van der Waals surface area contributed by atoms with Crippen LogP contribution in [0.2, 0.25) is 0 Å². The summed E-state index contributed by atoms with van der Waals surface area (Å²) in [5.74, 6) is -19.6. The Labute approximate surface area is 663 Å². The number of sulfone groups is 1. The minimum atomic E-state index is -4.92. The van der Waals surface area contributed by atoms with Crippen LogP contribution in [0, 0.1) is 29.6 Å². The zero-order valence-corrected chi connectivity index (χ0v) is 66.0. The fraction of sp³-hybridized carbons (Fsp3) is 0.566. The number of nitrogens with zero attached hydrogens (tertiary/aromatic N) is 4. The summed E-state index contributed by atoms with van der Waals surface area (Å²) < 4.78 is 41.5. The number of aromatic amines is 1. The van der Waals surface area contributed by atoms with E-state index in [1.165, 1.54) is 69.6 Å². The number of ether oxygens (including phenoxy) is 2. The number of likely N-dealkylation sites (N-methyl/N-ethyl adjacent to an activating group) is 2. The lowest BCUT2D eigenvalue weighted by Crippen LogP contribution is -2.56. The Kier molecular flexibility index (Phi) is 33.4. The molecule has 1 fully saturated rings. The van der Waals surface area contributed by atoms with Crippen molar-refractivity contribution in [3.63, 3.8) is 0 Å². The van der Waals surface area contributed by atoms with Gasteiger partial charge in [0.2, 0.25) is 47.3 Å². The first-order valence-corrected chi connectivity index (χ1v) is 39.8. The van der Waals surface area contributed by atoms with E-state index in [1.54, 1.807) is 39.8 Å². The van der Waals surface area contributed by atoms with Crippen molar-refractivity contribution < 1.29 is 115 Å². The summed E-state index contributed by atoms with van der Waals surface area (Å²) in [6, 6.07) is 2.11. The quantitative estimate of drug-likeness (QED) is 0.0319. The normalized spacial score (nSPS) is 21.9. The van der Waals surface area contributed by atoms with Gasteiger partial charge in [0, 0.05) is 119 Å². The van der Waals surface area contributed by atoms with Crippen molar-refractivity contribution in [2.45, 2.75) is 185 Å². The number of imide groups is 1. The number of Topliss-reactive ketones (excluding diaryl/α,β-unsaturated/α-hetero) is 3. The van der Waals surface area contributed by atoms with E-state index in [4.69, 9.17) is 15.2 Å².